The molecule has 0 bridgehead atoms. The molecule has 1 aliphatic heterocycles. The third-order valence-corrected chi connectivity index (χ3v) is 2.91. The van der Waals surface area contributed by atoms with E-state index in [2.05, 4.69) is 25.7 Å². The van der Waals surface area contributed by atoms with Crippen LogP contribution < -0.4 is 0 Å². The van der Waals surface area contributed by atoms with E-state index >= 15 is 0 Å². The van der Waals surface area contributed by atoms with Crippen molar-refractivity contribution >= 4 is 0 Å². The third-order valence-electron chi connectivity index (χ3n) is 2.91. The van der Waals surface area contributed by atoms with Gasteiger partial charge in [-0.1, -0.05) is 13.8 Å². The highest BCUT2D eigenvalue weighted by molar-refractivity contribution is 4.77. The van der Waals surface area contributed by atoms with Gasteiger partial charge in [0.25, 0.3) is 0 Å². The first-order valence-corrected chi connectivity index (χ1v) is 4.49. The van der Waals surface area contributed by atoms with E-state index in [1.54, 1.807) is 0 Å². The zero-order valence-corrected chi connectivity index (χ0v) is 7.43. The molecule has 1 heteroatoms. The average Bonchev–Trinajstić information content (AvgIpc) is 1.95. The number of nitrogens with zero attached hydrogens (tertiary/aromatic N) is 1. The number of rotatable bonds is 1. The van der Waals surface area contributed by atoms with Gasteiger partial charge in [0.1, 0.15) is 0 Å². The minimum atomic E-state index is 0.818. The Morgan fingerprint density at radius 2 is 2.10 bits per heavy atom. The van der Waals surface area contributed by atoms with Gasteiger partial charge in [-0.25, -0.2) is 0 Å². The number of hydrogen-bond donors (Lipinski definition) is 0. The van der Waals surface area contributed by atoms with Crippen molar-refractivity contribution < 1.29 is 0 Å². The standard InChI is InChI=1S/C9H19N/c1-4-10-7-5-6-8(2)9(10)3/h8-9H,4-7H2,1-3H3. The number of hydrogen-bond acceptors (Lipinski definition) is 1. The van der Waals surface area contributed by atoms with Crippen molar-refractivity contribution in [1.29, 1.82) is 0 Å². The van der Waals surface area contributed by atoms with Gasteiger partial charge >= 0.3 is 0 Å². The quantitative estimate of drug-likeness (QED) is 0.540. The van der Waals surface area contributed by atoms with Gasteiger partial charge in [-0.05, 0) is 38.8 Å². The molecule has 2 atom stereocenters. The fourth-order valence-electron chi connectivity index (χ4n) is 1.87. The molecule has 0 saturated carbocycles. The topological polar surface area (TPSA) is 3.24 Å². The van der Waals surface area contributed by atoms with Crippen LogP contribution in [-0.4, -0.2) is 24.0 Å². The van der Waals surface area contributed by atoms with Crippen molar-refractivity contribution in [2.45, 2.75) is 39.7 Å². The van der Waals surface area contributed by atoms with E-state index in [1.807, 2.05) is 0 Å². The Balaban J connectivity index is 2.42. The van der Waals surface area contributed by atoms with Crippen LogP contribution in [0.2, 0.25) is 0 Å². The van der Waals surface area contributed by atoms with Gasteiger partial charge in [-0.2, -0.15) is 0 Å². The predicted octanol–water partition coefficient (Wildman–Crippen LogP) is 2.13. The predicted molar refractivity (Wildman–Crippen MR) is 45.1 cm³/mol. The Labute approximate surface area is 64.4 Å². The van der Waals surface area contributed by atoms with E-state index in [4.69, 9.17) is 0 Å². The SMILES string of the molecule is CCN1CCCC(C)C1C. The monoisotopic (exact) mass is 141 g/mol. The normalized spacial score (nSPS) is 36.3. The second-order valence-corrected chi connectivity index (χ2v) is 3.49. The fraction of sp³-hybridized carbons (Fsp3) is 1.00. The van der Waals surface area contributed by atoms with Crippen LogP contribution in [0.5, 0.6) is 0 Å². The first kappa shape index (κ1) is 8.06. The van der Waals surface area contributed by atoms with Crippen molar-refractivity contribution in [3.05, 3.63) is 0 Å². The molecule has 1 rings (SSSR count). The number of likely N-dealkylation sites (tertiary alicyclic amines) is 1. The lowest BCUT2D eigenvalue weighted by Crippen LogP contribution is -2.41. The summed E-state index contributed by atoms with van der Waals surface area (Å²) in [5, 5.41) is 0. The Hall–Kier alpha value is -0.0400. The summed E-state index contributed by atoms with van der Waals surface area (Å²) >= 11 is 0. The van der Waals surface area contributed by atoms with Gasteiger partial charge in [0.05, 0.1) is 0 Å². The van der Waals surface area contributed by atoms with Gasteiger partial charge in [0.15, 0.2) is 0 Å². The second-order valence-electron chi connectivity index (χ2n) is 3.49. The molecular weight excluding hydrogens is 122 g/mol. The van der Waals surface area contributed by atoms with Gasteiger partial charge in [-0.15, -0.1) is 0 Å². The Morgan fingerprint density at radius 3 is 2.60 bits per heavy atom. The van der Waals surface area contributed by atoms with Crippen molar-refractivity contribution in [3.8, 4) is 0 Å². The minimum absolute atomic E-state index is 0.818. The van der Waals surface area contributed by atoms with Crippen LogP contribution in [0.4, 0.5) is 0 Å². The Kier molecular flexibility index (Phi) is 2.72. The highest BCUT2D eigenvalue weighted by Crippen LogP contribution is 2.21. The molecule has 0 N–H and O–H groups in total. The highest BCUT2D eigenvalue weighted by Gasteiger charge is 2.22. The minimum Gasteiger partial charge on any atom is -0.301 e. The highest BCUT2D eigenvalue weighted by atomic mass is 15.2. The third kappa shape index (κ3) is 1.51. The summed E-state index contributed by atoms with van der Waals surface area (Å²) in [5.74, 6) is 0.911. The molecule has 0 radical (unpaired) electrons. The second kappa shape index (κ2) is 3.38. The zero-order chi connectivity index (χ0) is 7.56. The van der Waals surface area contributed by atoms with Crippen LogP contribution in [0, 0.1) is 5.92 Å². The first-order chi connectivity index (χ1) is 4.75. The molecule has 1 saturated heterocycles. The average molecular weight is 141 g/mol. The van der Waals surface area contributed by atoms with Crippen LogP contribution >= 0.6 is 0 Å². The van der Waals surface area contributed by atoms with E-state index < -0.39 is 0 Å². The maximum atomic E-state index is 2.58. The molecular formula is C9H19N. The summed E-state index contributed by atoms with van der Waals surface area (Å²) in [6.07, 6.45) is 2.83. The molecule has 0 aliphatic carbocycles. The first-order valence-electron chi connectivity index (χ1n) is 4.49. The maximum absolute atomic E-state index is 2.58. The van der Waals surface area contributed by atoms with E-state index in [-0.39, 0.29) is 0 Å². The molecule has 10 heavy (non-hydrogen) atoms. The van der Waals surface area contributed by atoms with Crippen molar-refractivity contribution in [2.75, 3.05) is 13.1 Å². The van der Waals surface area contributed by atoms with Gasteiger partial charge in [0.2, 0.25) is 0 Å². The van der Waals surface area contributed by atoms with E-state index in [1.165, 1.54) is 25.9 Å². The summed E-state index contributed by atoms with van der Waals surface area (Å²) in [5.41, 5.74) is 0. The molecule has 1 aliphatic rings. The molecule has 1 fully saturated rings. The van der Waals surface area contributed by atoms with Crippen LogP contribution in [0.25, 0.3) is 0 Å². The molecule has 0 aromatic rings. The van der Waals surface area contributed by atoms with Gasteiger partial charge < -0.3 is 4.90 Å². The lowest BCUT2D eigenvalue weighted by molar-refractivity contribution is 0.120. The van der Waals surface area contributed by atoms with Crippen LogP contribution in [0.1, 0.15) is 33.6 Å². The largest absolute Gasteiger partial charge is 0.301 e. The van der Waals surface area contributed by atoms with Gasteiger partial charge in [-0.3, -0.25) is 0 Å². The molecule has 1 nitrogen and oxygen atoms in total. The summed E-state index contributed by atoms with van der Waals surface area (Å²) in [7, 11) is 0. The molecule has 0 aromatic heterocycles. The van der Waals surface area contributed by atoms with Crippen molar-refractivity contribution in [2.24, 2.45) is 5.92 Å². The molecule has 60 valence electrons. The number of piperidine rings is 1. The maximum Gasteiger partial charge on any atom is 0.00924 e. The molecule has 0 amide bonds. The molecule has 0 spiro atoms. The molecule has 1 heterocycles. The lowest BCUT2D eigenvalue weighted by atomic mass is 9.92. The van der Waals surface area contributed by atoms with Gasteiger partial charge in [0, 0.05) is 6.04 Å². The fourth-order valence-corrected chi connectivity index (χ4v) is 1.87. The van der Waals surface area contributed by atoms with E-state index in [9.17, 15) is 0 Å². The smallest absolute Gasteiger partial charge is 0.00924 e. The van der Waals surface area contributed by atoms with Crippen molar-refractivity contribution in [3.63, 3.8) is 0 Å². The van der Waals surface area contributed by atoms with E-state index in [0.717, 1.165) is 12.0 Å². The summed E-state index contributed by atoms with van der Waals surface area (Å²) in [6.45, 7) is 9.53. The van der Waals surface area contributed by atoms with Crippen LogP contribution in [0.3, 0.4) is 0 Å². The lowest BCUT2D eigenvalue weighted by Gasteiger charge is -2.37. The Morgan fingerprint density at radius 1 is 1.40 bits per heavy atom. The van der Waals surface area contributed by atoms with Crippen LogP contribution in [-0.2, 0) is 0 Å². The molecule has 0 aromatic carbocycles. The summed E-state index contributed by atoms with van der Waals surface area (Å²) in [4.78, 5) is 2.58. The van der Waals surface area contributed by atoms with Crippen LogP contribution in [0.15, 0.2) is 0 Å². The summed E-state index contributed by atoms with van der Waals surface area (Å²) < 4.78 is 0. The van der Waals surface area contributed by atoms with E-state index in [0.29, 0.717) is 0 Å². The van der Waals surface area contributed by atoms with Crippen molar-refractivity contribution in [1.82, 2.24) is 4.90 Å². The zero-order valence-electron chi connectivity index (χ0n) is 7.43. The summed E-state index contributed by atoms with van der Waals surface area (Å²) in [6, 6.07) is 0.818. The Bertz CT molecular complexity index is 101. The molecule has 2 unspecified atom stereocenters.